The van der Waals surface area contributed by atoms with E-state index in [0.29, 0.717) is 11.7 Å². The second-order valence-electron chi connectivity index (χ2n) is 10.1. The maximum absolute atomic E-state index is 4.55. The van der Waals surface area contributed by atoms with E-state index >= 15 is 0 Å². The number of azo groups is 2. The number of hydrogen-bond acceptors (Lipinski definition) is 6. The third kappa shape index (κ3) is 8.30. The van der Waals surface area contributed by atoms with Gasteiger partial charge in [0.1, 0.15) is 0 Å². The minimum absolute atomic E-state index is 0.483. The molecular formula is C38H30N8. The molecule has 8 nitrogen and oxygen atoms in total. The van der Waals surface area contributed by atoms with Crippen molar-refractivity contribution in [3.63, 3.8) is 0 Å². The van der Waals surface area contributed by atoms with Gasteiger partial charge in [-0.2, -0.15) is 10.2 Å². The molecule has 0 heterocycles. The smallest absolute Gasteiger partial charge is 0.201 e. The molecule has 0 aliphatic rings. The molecule has 0 spiro atoms. The Morgan fingerprint density at radius 3 is 1.02 bits per heavy atom. The first-order chi connectivity index (χ1) is 22.8. The predicted octanol–water partition coefficient (Wildman–Crippen LogP) is 10.5. The second kappa shape index (κ2) is 15.3. The first kappa shape index (κ1) is 29.5. The summed E-state index contributed by atoms with van der Waals surface area (Å²) in [7, 11) is 0. The fourth-order valence-electron chi connectivity index (χ4n) is 4.37. The maximum atomic E-state index is 4.55. The van der Waals surface area contributed by atoms with E-state index in [-0.39, 0.29) is 0 Å². The lowest BCUT2D eigenvalue weighted by atomic mass is 10.1. The minimum atomic E-state index is 0.483. The van der Waals surface area contributed by atoms with Crippen LogP contribution in [0.5, 0.6) is 0 Å². The van der Waals surface area contributed by atoms with Gasteiger partial charge in [0.25, 0.3) is 0 Å². The molecule has 6 aromatic carbocycles. The Hall–Kier alpha value is -6.54. The molecule has 6 rings (SSSR count). The number of benzene rings is 6. The highest BCUT2D eigenvalue weighted by Gasteiger charge is 2.05. The van der Waals surface area contributed by atoms with Gasteiger partial charge in [-0.25, -0.2) is 0 Å². The van der Waals surface area contributed by atoms with E-state index in [1.54, 1.807) is 0 Å². The van der Waals surface area contributed by atoms with Gasteiger partial charge in [-0.1, -0.05) is 121 Å². The first-order valence-electron chi connectivity index (χ1n) is 14.7. The Morgan fingerprint density at radius 2 is 0.674 bits per heavy atom. The zero-order chi connectivity index (χ0) is 31.2. The topological polar surface area (TPSA) is 98.2 Å². The molecule has 0 bridgehead atoms. The normalized spacial score (nSPS) is 12.0. The third-order valence-corrected chi connectivity index (χ3v) is 6.78. The lowest BCUT2D eigenvalue weighted by Gasteiger charge is -2.07. The summed E-state index contributed by atoms with van der Waals surface area (Å²) in [6.07, 6.45) is 0. The standard InChI is InChI=1S/C38H30N8/c1-5-13-31(14-6-1)37(43-39-33-17-9-3-10-18-33)45-41-35-25-21-29(22-26-35)30-23-27-36(28-24-30)42-46-38(32-15-7-2-8-16-32)44-40-34-19-11-4-12-20-34/h1-28,41-42H. The molecule has 0 saturated carbocycles. The van der Waals surface area contributed by atoms with Crippen LogP contribution in [0.1, 0.15) is 11.1 Å². The van der Waals surface area contributed by atoms with E-state index in [2.05, 4.69) is 41.5 Å². The second-order valence-corrected chi connectivity index (χ2v) is 10.1. The van der Waals surface area contributed by atoms with E-state index < -0.39 is 0 Å². The van der Waals surface area contributed by atoms with Crippen LogP contribution in [0.15, 0.2) is 201 Å². The van der Waals surface area contributed by atoms with Crippen LogP contribution in [-0.4, -0.2) is 11.7 Å². The van der Waals surface area contributed by atoms with Gasteiger partial charge in [-0.05, 0) is 59.7 Å². The van der Waals surface area contributed by atoms with Gasteiger partial charge in [0.2, 0.25) is 11.7 Å². The number of rotatable bonds is 9. The molecule has 0 fully saturated rings. The van der Waals surface area contributed by atoms with Crippen LogP contribution >= 0.6 is 0 Å². The quantitative estimate of drug-likeness (QED) is 0.0749. The highest BCUT2D eigenvalue weighted by molar-refractivity contribution is 6.00. The first-order valence-corrected chi connectivity index (χ1v) is 14.7. The summed E-state index contributed by atoms with van der Waals surface area (Å²) in [6.45, 7) is 0. The largest absolute Gasteiger partial charge is 0.276 e. The fourth-order valence-corrected chi connectivity index (χ4v) is 4.37. The monoisotopic (exact) mass is 598 g/mol. The Kier molecular flexibility index (Phi) is 9.80. The molecule has 46 heavy (non-hydrogen) atoms. The van der Waals surface area contributed by atoms with Gasteiger partial charge < -0.3 is 0 Å². The van der Waals surface area contributed by atoms with Crippen molar-refractivity contribution in [1.82, 2.24) is 0 Å². The summed E-state index contributed by atoms with van der Waals surface area (Å²) in [4.78, 5) is 0. The molecule has 0 radical (unpaired) electrons. The average Bonchev–Trinajstić information content (AvgIpc) is 3.14. The van der Waals surface area contributed by atoms with Gasteiger partial charge in [0.15, 0.2) is 0 Å². The van der Waals surface area contributed by atoms with Crippen molar-refractivity contribution in [1.29, 1.82) is 0 Å². The summed E-state index contributed by atoms with van der Waals surface area (Å²) in [5, 5.41) is 26.6. The molecular weight excluding hydrogens is 568 g/mol. The number of nitrogens with one attached hydrogen (secondary N) is 2. The number of hydrazone groups is 2. The van der Waals surface area contributed by atoms with E-state index in [1.807, 2.05) is 170 Å². The van der Waals surface area contributed by atoms with Gasteiger partial charge >= 0.3 is 0 Å². The van der Waals surface area contributed by atoms with E-state index in [0.717, 1.165) is 45.0 Å². The zero-order valence-corrected chi connectivity index (χ0v) is 24.8. The Bertz CT molecular complexity index is 1790. The molecule has 0 saturated heterocycles. The summed E-state index contributed by atoms with van der Waals surface area (Å²) in [6, 6.07) is 54.8. The van der Waals surface area contributed by atoms with Gasteiger partial charge in [-0.3, -0.25) is 10.9 Å². The van der Waals surface area contributed by atoms with Gasteiger partial charge in [0, 0.05) is 11.1 Å². The van der Waals surface area contributed by atoms with Crippen LogP contribution in [0.4, 0.5) is 22.7 Å². The molecule has 0 atom stereocenters. The van der Waals surface area contributed by atoms with Crippen molar-refractivity contribution in [3.8, 4) is 11.1 Å². The maximum Gasteiger partial charge on any atom is 0.201 e. The lowest BCUT2D eigenvalue weighted by Crippen LogP contribution is -2.01. The molecule has 0 aromatic heterocycles. The molecule has 6 aromatic rings. The zero-order valence-electron chi connectivity index (χ0n) is 24.8. The van der Waals surface area contributed by atoms with E-state index in [4.69, 9.17) is 0 Å². The van der Waals surface area contributed by atoms with E-state index in [1.165, 1.54) is 0 Å². The van der Waals surface area contributed by atoms with Gasteiger partial charge in [0.05, 0.1) is 22.7 Å². The molecule has 0 aliphatic carbocycles. The van der Waals surface area contributed by atoms with Crippen molar-refractivity contribution >= 4 is 34.4 Å². The summed E-state index contributed by atoms with van der Waals surface area (Å²) in [5.74, 6) is 0.965. The van der Waals surface area contributed by atoms with Crippen LogP contribution in [0.3, 0.4) is 0 Å². The van der Waals surface area contributed by atoms with Crippen LogP contribution < -0.4 is 10.9 Å². The molecule has 8 heteroatoms. The Labute approximate surface area is 267 Å². The molecule has 222 valence electrons. The van der Waals surface area contributed by atoms with Crippen molar-refractivity contribution in [3.05, 3.63) is 181 Å². The van der Waals surface area contributed by atoms with Crippen LogP contribution in [-0.2, 0) is 0 Å². The van der Waals surface area contributed by atoms with Crippen molar-refractivity contribution in [2.45, 2.75) is 0 Å². The number of amidine groups is 2. The van der Waals surface area contributed by atoms with Crippen molar-refractivity contribution in [2.75, 3.05) is 10.9 Å². The average molecular weight is 599 g/mol. The van der Waals surface area contributed by atoms with Crippen LogP contribution in [0, 0.1) is 0 Å². The molecule has 0 amide bonds. The van der Waals surface area contributed by atoms with Gasteiger partial charge in [-0.15, -0.1) is 20.5 Å². The van der Waals surface area contributed by atoms with Crippen molar-refractivity contribution < 1.29 is 0 Å². The highest BCUT2D eigenvalue weighted by Crippen LogP contribution is 2.24. The van der Waals surface area contributed by atoms with Crippen LogP contribution in [0.25, 0.3) is 11.1 Å². The summed E-state index contributed by atoms with van der Waals surface area (Å²) in [5.41, 5.74) is 13.3. The predicted molar refractivity (Wildman–Crippen MR) is 187 cm³/mol. The SMILES string of the molecule is c1ccc(N=NC(=NNc2ccc(-c3ccc(NN=C(N=Nc4ccccc4)c4ccccc4)cc3)cc2)c2ccccc2)cc1. The Balaban J connectivity index is 1.13. The fraction of sp³-hybridized carbons (Fsp3) is 0. The number of anilines is 2. The molecule has 0 unspecified atom stereocenters. The summed E-state index contributed by atoms with van der Waals surface area (Å²) < 4.78 is 0. The number of hydrogen-bond donors (Lipinski definition) is 2. The minimum Gasteiger partial charge on any atom is -0.276 e. The molecule has 0 aliphatic heterocycles. The highest BCUT2D eigenvalue weighted by atomic mass is 15.3. The van der Waals surface area contributed by atoms with Crippen molar-refractivity contribution in [2.24, 2.45) is 30.7 Å². The molecule has 2 N–H and O–H groups in total. The summed E-state index contributed by atoms with van der Waals surface area (Å²) >= 11 is 0. The van der Waals surface area contributed by atoms with E-state index in [9.17, 15) is 0 Å². The Morgan fingerprint density at radius 1 is 0.348 bits per heavy atom. The lowest BCUT2D eigenvalue weighted by molar-refractivity contribution is 1.22. The number of nitrogens with zero attached hydrogens (tertiary/aromatic N) is 6. The third-order valence-electron chi connectivity index (χ3n) is 6.78. The van der Waals surface area contributed by atoms with Crippen LogP contribution in [0.2, 0.25) is 0 Å².